The summed E-state index contributed by atoms with van der Waals surface area (Å²) in [6, 6.07) is 31.0. The van der Waals surface area contributed by atoms with E-state index in [1.54, 1.807) is 36.8 Å². The normalized spacial score (nSPS) is 10.8. The summed E-state index contributed by atoms with van der Waals surface area (Å²) in [4.78, 5) is 42.9. The van der Waals surface area contributed by atoms with Gasteiger partial charge in [0.05, 0.1) is 37.6 Å². The van der Waals surface area contributed by atoms with Crippen LogP contribution in [0.3, 0.4) is 0 Å². The lowest BCUT2D eigenvalue weighted by Gasteiger charge is -2.15. The minimum Gasteiger partial charge on any atom is -0.497 e. The van der Waals surface area contributed by atoms with E-state index in [-0.39, 0.29) is 30.9 Å². The van der Waals surface area contributed by atoms with Crippen molar-refractivity contribution in [2.75, 3.05) is 19.0 Å². The number of carbonyl (C=O) groups excluding carboxylic acids is 2. The van der Waals surface area contributed by atoms with Crippen LogP contribution in [-0.4, -0.2) is 35.1 Å². The molecule has 0 aliphatic carbocycles. The topological polar surface area (TPSA) is 99.5 Å². The fraction of sp³-hybridized carbons (Fsp3) is 0.200. The predicted octanol–water partition coefficient (Wildman–Crippen LogP) is 5.99. The first-order valence-electron chi connectivity index (χ1n) is 14.2. The SMILES string of the molecule is CCOC(=O)CCC(=O)Nc1ccc2nc(Cc3ccccc3)n(Cc3ccc(-c4cccc(OC)c4)cc3)c(=O)c2c1. The minimum absolute atomic E-state index is 0.0128. The highest BCUT2D eigenvalue weighted by molar-refractivity contribution is 5.94. The maximum Gasteiger partial charge on any atom is 0.306 e. The van der Waals surface area contributed by atoms with Crippen LogP contribution >= 0.6 is 0 Å². The zero-order valence-electron chi connectivity index (χ0n) is 24.2. The second-order valence-electron chi connectivity index (χ2n) is 10.1. The number of esters is 1. The van der Waals surface area contributed by atoms with Crippen LogP contribution in [0.15, 0.2) is 102 Å². The molecule has 1 N–H and O–H groups in total. The summed E-state index contributed by atoms with van der Waals surface area (Å²) < 4.78 is 12.0. The van der Waals surface area contributed by atoms with Gasteiger partial charge in [0.1, 0.15) is 11.6 Å². The second kappa shape index (κ2) is 13.6. The number of amides is 1. The maximum atomic E-state index is 14.0. The number of carbonyl (C=O) groups is 2. The number of rotatable bonds is 11. The molecule has 0 aliphatic rings. The standard InChI is InChI=1S/C35H33N3O5/c1-3-43-34(40)19-18-33(39)36-28-16-17-31-30(22-28)35(41)38(32(37-31)20-24-8-5-4-6-9-24)23-25-12-14-26(15-13-25)27-10-7-11-29(21-27)42-2/h4-17,21-22H,3,18-20,23H2,1-2H3,(H,36,39). The highest BCUT2D eigenvalue weighted by Crippen LogP contribution is 2.25. The molecule has 0 saturated carbocycles. The molecular weight excluding hydrogens is 542 g/mol. The van der Waals surface area contributed by atoms with Crippen molar-refractivity contribution in [1.82, 2.24) is 9.55 Å². The lowest BCUT2D eigenvalue weighted by molar-refractivity contribution is -0.144. The first-order chi connectivity index (χ1) is 20.9. The maximum absolute atomic E-state index is 14.0. The number of ether oxygens (including phenoxy) is 2. The van der Waals surface area contributed by atoms with Gasteiger partial charge in [0.2, 0.25) is 5.91 Å². The smallest absolute Gasteiger partial charge is 0.306 e. The summed E-state index contributed by atoms with van der Waals surface area (Å²) in [6.45, 7) is 2.32. The molecular formula is C35H33N3O5. The number of hydrogen-bond acceptors (Lipinski definition) is 6. The molecule has 5 aromatic rings. The number of nitrogens with zero attached hydrogens (tertiary/aromatic N) is 2. The Morgan fingerprint density at radius 2 is 1.63 bits per heavy atom. The van der Waals surface area contributed by atoms with E-state index < -0.39 is 5.97 Å². The molecule has 0 saturated heterocycles. The van der Waals surface area contributed by atoms with Crippen LogP contribution in [0.5, 0.6) is 5.75 Å². The van der Waals surface area contributed by atoms with E-state index in [1.165, 1.54) is 0 Å². The Kier molecular flexibility index (Phi) is 9.26. The van der Waals surface area contributed by atoms with Gasteiger partial charge in [-0.15, -0.1) is 0 Å². The van der Waals surface area contributed by atoms with Crippen molar-refractivity contribution >= 4 is 28.5 Å². The summed E-state index contributed by atoms with van der Waals surface area (Å²) >= 11 is 0. The number of aromatic nitrogens is 2. The van der Waals surface area contributed by atoms with Gasteiger partial charge >= 0.3 is 5.97 Å². The van der Waals surface area contributed by atoms with Gasteiger partial charge in [0, 0.05) is 18.5 Å². The van der Waals surface area contributed by atoms with Gasteiger partial charge in [-0.25, -0.2) is 4.98 Å². The van der Waals surface area contributed by atoms with Crippen LogP contribution in [-0.2, 0) is 27.3 Å². The van der Waals surface area contributed by atoms with Gasteiger partial charge in [-0.2, -0.15) is 0 Å². The van der Waals surface area contributed by atoms with E-state index in [2.05, 4.69) is 5.32 Å². The Balaban J connectivity index is 1.45. The summed E-state index contributed by atoms with van der Waals surface area (Å²) in [6.07, 6.45) is 0.461. The van der Waals surface area contributed by atoms with Crippen LogP contribution in [0.2, 0.25) is 0 Å². The highest BCUT2D eigenvalue weighted by Gasteiger charge is 2.15. The van der Waals surface area contributed by atoms with Gasteiger partial charge in [-0.3, -0.25) is 19.0 Å². The lowest BCUT2D eigenvalue weighted by atomic mass is 10.0. The number of nitrogens with one attached hydrogen (secondary N) is 1. The number of fused-ring (bicyclic) bond motifs is 1. The third kappa shape index (κ3) is 7.35. The molecule has 0 fully saturated rings. The first-order valence-corrected chi connectivity index (χ1v) is 14.2. The molecule has 0 aliphatic heterocycles. The van der Waals surface area contributed by atoms with Crippen molar-refractivity contribution in [3.63, 3.8) is 0 Å². The average Bonchev–Trinajstić information content (AvgIpc) is 3.03. The second-order valence-corrected chi connectivity index (χ2v) is 10.1. The van der Waals surface area contributed by atoms with Gasteiger partial charge in [-0.1, -0.05) is 66.7 Å². The molecule has 5 rings (SSSR count). The summed E-state index contributed by atoms with van der Waals surface area (Å²) in [5, 5.41) is 3.18. The molecule has 0 unspecified atom stereocenters. The van der Waals surface area contributed by atoms with Gasteiger partial charge < -0.3 is 14.8 Å². The fourth-order valence-electron chi connectivity index (χ4n) is 4.88. The molecule has 0 bridgehead atoms. The predicted molar refractivity (Wildman–Crippen MR) is 167 cm³/mol. The van der Waals surface area contributed by atoms with Gasteiger partial charge in [0.15, 0.2) is 0 Å². The number of benzene rings is 4. The van der Waals surface area contributed by atoms with Crippen LogP contribution in [0, 0.1) is 0 Å². The van der Waals surface area contributed by atoms with Gasteiger partial charge in [0.25, 0.3) is 5.56 Å². The molecule has 0 atom stereocenters. The van der Waals surface area contributed by atoms with Crippen molar-refractivity contribution in [3.8, 4) is 16.9 Å². The minimum atomic E-state index is -0.425. The van der Waals surface area contributed by atoms with Crippen molar-refractivity contribution < 1.29 is 19.1 Å². The summed E-state index contributed by atoms with van der Waals surface area (Å²) in [5.41, 5.74) is 4.89. The van der Waals surface area contributed by atoms with Crippen molar-refractivity contribution in [2.45, 2.75) is 32.7 Å². The van der Waals surface area contributed by atoms with Crippen LogP contribution in [0.1, 0.15) is 36.7 Å². The largest absolute Gasteiger partial charge is 0.497 e. The lowest BCUT2D eigenvalue weighted by Crippen LogP contribution is -2.26. The molecule has 8 heteroatoms. The Morgan fingerprint density at radius 1 is 0.837 bits per heavy atom. The molecule has 1 aromatic heterocycles. The van der Waals surface area contributed by atoms with E-state index in [1.807, 2.05) is 78.9 Å². The molecule has 218 valence electrons. The van der Waals surface area contributed by atoms with Crippen LogP contribution < -0.4 is 15.6 Å². The van der Waals surface area contributed by atoms with E-state index >= 15 is 0 Å². The van der Waals surface area contributed by atoms with E-state index in [0.717, 1.165) is 28.0 Å². The Bertz CT molecular complexity index is 1800. The molecule has 0 radical (unpaired) electrons. The van der Waals surface area contributed by atoms with E-state index in [9.17, 15) is 14.4 Å². The Labute approximate surface area is 249 Å². The number of anilines is 1. The third-order valence-corrected chi connectivity index (χ3v) is 7.08. The van der Waals surface area contributed by atoms with Crippen molar-refractivity contribution in [3.05, 3.63) is 124 Å². The van der Waals surface area contributed by atoms with E-state index in [4.69, 9.17) is 14.5 Å². The summed E-state index contributed by atoms with van der Waals surface area (Å²) in [5.74, 6) is 0.672. The van der Waals surface area contributed by atoms with Gasteiger partial charge in [-0.05, 0) is 59.5 Å². The van der Waals surface area contributed by atoms with Crippen LogP contribution in [0.4, 0.5) is 5.69 Å². The van der Waals surface area contributed by atoms with Crippen molar-refractivity contribution in [1.29, 1.82) is 0 Å². The number of hydrogen-bond donors (Lipinski definition) is 1. The summed E-state index contributed by atoms with van der Waals surface area (Å²) in [7, 11) is 1.65. The molecule has 1 amide bonds. The quantitative estimate of drug-likeness (QED) is 0.194. The first kappa shape index (κ1) is 29.3. The Hall–Kier alpha value is -5.24. The van der Waals surface area contributed by atoms with E-state index in [0.29, 0.717) is 35.4 Å². The zero-order chi connectivity index (χ0) is 30.2. The third-order valence-electron chi connectivity index (χ3n) is 7.08. The molecule has 8 nitrogen and oxygen atoms in total. The zero-order valence-corrected chi connectivity index (χ0v) is 24.2. The fourth-order valence-corrected chi connectivity index (χ4v) is 4.88. The Morgan fingerprint density at radius 3 is 2.37 bits per heavy atom. The highest BCUT2D eigenvalue weighted by atomic mass is 16.5. The molecule has 4 aromatic carbocycles. The van der Waals surface area contributed by atoms with Crippen molar-refractivity contribution in [2.24, 2.45) is 0 Å². The van der Waals surface area contributed by atoms with Crippen LogP contribution in [0.25, 0.3) is 22.0 Å². The molecule has 43 heavy (non-hydrogen) atoms. The monoisotopic (exact) mass is 575 g/mol. The molecule has 0 spiro atoms. The average molecular weight is 576 g/mol. The number of methoxy groups -OCH3 is 1. The molecule has 1 heterocycles.